The smallest absolute Gasteiger partial charge is 0.171 e. The molecule has 0 radical (unpaired) electrons. The van der Waals surface area contributed by atoms with Crippen molar-refractivity contribution in [3.8, 4) is 0 Å². The van der Waals surface area contributed by atoms with Gasteiger partial charge in [0, 0.05) is 16.5 Å². The van der Waals surface area contributed by atoms with Crippen LogP contribution in [-0.4, -0.2) is 24.8 Å². The highest BCUT2D eigenvalue weighted by Gasteiger charge is 2.33. The van der Waals surface area contributed by atoms with Gasteiger partial charge in [0.2, 0.25) is 0 Å². The first-order valence-electron chi connectivity index (χ1n) is 10.7. The predicted molar refractivity (Wildman–Crippen MR) is 119 cm³/mol. The number of hydrogen-bond acceptors (Lipinski definition) is 4. The van der Waals surface area contributed by atoms with E-state index in [1.807, 2.05) is 88.4 Å². The van der Waals surface area contributed by atoms with Crippen molar-refractivity contribution in [2.75, 3.05) is 13.2 Å². The number of ketones is 2. The van der Waals surface area contributed by atoms with Crippen molar-refractivity contribution in [1.82, 2.24) is 0 Å². The fourth-order valence-corrected chi connectivity index (χ4v) is 3.32. The van der Waals surface area contributed by atoms with Crippen molar-refractivity contribution >= 4 is 11.6 Å². The summed E-state index contributed by atoms with van der Waals surface area (Å²) in [7, 11) is 0. The minimum atomic E-state index is -0.620. The monoisotopic (exact) mass is 410 g/mol. The molecule has 4 heteroatoms. The first-order chi connectivity index (χ1) is 14.3. The molecule has 0 aliphatic carbocycles. The lowest BCUT2D eigenvalue weighted by Crippen LogP contribution is -2.32. The van der Waals surface area contributed by atoms with Crippen LogP contribution in [0.25, 0.3) is 0 Å². The molecule has 0 amide bonds. The molecule has 0 heterocycles. The van der Waals surface area contributed by atoms with Crippen LogP contribution in [0.1, 0.15) is 74.1 Å². The molecule has 2 aromatic rings. The van der Waals surface area contributed by atoms with Crippen LogP contribution in [0.3, 0.4) is 0 Å². The third-order valence-corrected chi connectivity index (χ3v) is 5.76. The summed E-state index contributed by atoms with van der Waals surface area (Å²) in [5.41, 5.74) is 0.413. The number of rotatable bonds is 13. The SMILES string of the molecule is CCC(C)(COOCCCCC(C)(C)C(=O)c1ccccc1)C(=O)c1ccccc1. The minimum absolute atomic E-state index is 0.0652. The molecule has 1 unspecified atom stereocenters. The van der Waals surface area contributed by atoms with Gasteiger partial charge in [0.25, 0.3) is 0 Å². The molecule has 0 aliphatic rings. The molecule has 0 aromatic heterocycles. The van der Waals surface area contributed by atoms with Crippen LogP contribution in [0.4, 0.5) is 0 Å². The maximum Gasteiger partial charge on any atom is 0.171 e. The zero-order valence-corrected chi connectivity index (χ0v) is 18.6. The van der Waals surface area contributed by atoms with Crippen molar-refractivity contribution in [2.24, 2.45) is 10.8 Å². The Bertz CT molecular complexity index is 798. The van der Waals surface area contributed by atoms with E-state index in [2.05, 4.69) is 0 Å². The second-order valence-corrected chi connectivity index (χ2v) is 8.73. The van der Waals surface area contributed by atoms with E-state index in [9.17, 15) is 9.59 Å². The highest BCUT2D eigenvalue weighted by Crippen LogP contribution is 2.29. The second-order valence-electron chi connectivity index (χ2n) is 8.73. The Morgan fingerprint density at radius 3 is 1.83 bits per heavy atom. The summed E-state index contributed by atoms with van der Waals surface area (Å²) in [5, 5.41) is 0. The van der Waals surface area contributed by atoms with Gasteiger partial charge in [-0.1, -0.05) is 87.9 Å². The molecule has 0 aliphatic heterocycles. The molecule has 2 aromatic carbocycles. The first kappa shape index (κ1) is 24.0. The van der Waals surface area contributed by atoms with E-state index in [-0.39, 0.29) is 18.2 Å². The van der Waals surface area contributed by atoms with E-state index >= 15 is 0 Å². The zero-order chi connectivity index (χ0) is 22.0. The molecular formula is C26H34O4. The molecule has 0 N–H and O–H groups in total. The average Bonchev–Trinajstić information content (AvgIpc) is 2.78. The average molecular weight is 411 g/mol. The molecule has 0 bridgehead atoms. The van der Waals surface area contributed by atoms with Crippen molar-refractivity contribution in [3.05, 3.63) is 71.8 Å². The van der Waals surface area contributed by atoms with Crippen molar-refractivity contribution < 1.29 is 19.4 Å². The van der Waals surface area contributed by atoms with Crippen LogP contribution in [0.5, 0.6) is 0 Å². The number of carbonyl (C=O) groups excluding carboxylic acids is 2. The van der Waals surface area contributed by atoms with Crippen molar-refractivity contribution in [3.63, 3.8) is 0 Å². The van der Waals surface area contributed by atoms with Gasteiger partial charge >= 0.3 is 0 Å². The fourth-order valence-electron chi connectivity index (χ4n) is 3.32. The largest absolute Gasteiger partial charge is 0.294 e. The number of benzene rings is 2. The van der Waals surface area contributed by atoms with Crippen molar-refractivity contribution in [1.29, 1.82) is 0 Å². The van der Waals surface area contributed by atoms with Gasteiger partial charge in [-0.3, -0.25) is 9.59 Å². The summed E-state index contributed by atoms with van der Waals surface area (Å²) in [6, 6.07) is 18.7. The summed E-state index contributed by atoms with van der Waals surface area (Å²) < 4.78 is 0. The summed E-state index contributed by atoms with van der Waals surface area (Å²) >= 11 is 0. The van der Waals surface area contributed by atoms with Crippen LogP contribution >= 0.6 is 0 Å². The van der Waals surface area contributed by atoms with Crippen LogP contribution in [-0.2, 0) is 9.78 Å². The van der Waals surface area contributed by atoms with E-state index in [1.165, 1.54) is 0 Å². The lowest BCUT2D eigenvalue weighted by molar-refractivity contribution is -0.305. The maximum absolute atomic E-state index is 12.8. The van der Waals surface area contributed by atoms with Gasteiger partial charge in [-0.2, -0.15) is 0 Å². The van der Waals surface area contributed by atoms with E-state index < -0.39 is 10.8 Å². The van der Waals surface area contributed by atoms with Crippen molar-refractivity contribution in [2.45, 2.75) is 53.4 Å². The van der Waals surface area contributed by atoms with Crippen LogP contribution < -0.4 is 0 Å². The third kappa shape index (κ3) is 6.61. The molecule has 30 heavy (non-hydrogen) atoms. The minimum Gasteiger partial charge on any atom is -0.294 e. The molecular weight excluding hydrogens is 376 g/mol. The number of unbranched alkanes of at least 4 members (excludes halogenated alkanes) is 1. The molecule has 4 nitrogen and oxygen atoms in total. The van der Waals surface area contributed by atoms with Gasteiger partial charge < -0.3 is 0 Å². The Morgan fingerprint density at radius 1 is 0.767 bits per heavy atom. The van der Waals surface area contributed by atoms with Gasteiger partial charge in [-0.05, 0) is 26.2 Å². The molecule has 0 spiro atoms. The summed E-state index contributed by atoms with van der Waals surface area (Å²) in [6.45, 7) is 8.52. The number of carbonyl (C=O) groups is 2. The van der Waals surface area contributed by atoms with Gasteiger partial charge in [0.1, 0.15) is 0 Å². The highest BCUT2D eigenvalue weighted by molar-refractivity contribution is 6.00. The van der Waals surface area contributed by atoms with E-state index in [1.54, 1.807) is 0 Å². The summed E-state index contributed by atoms with van der Waals surface area (Å²) in [4.78, 5) is 36.2. The summed E-state index contributed by atoms with van der Waals surface area (Å²) in [6.07, 6.45) is 3.10. The maximum atomic E-state index is 12.8. The zero-order valence-electron chi connectivity index (χ0n) is 18.6. The Kier molecular flexibility index (Phi) is 8.94. The molecule has 2 rings (SSSR count). The van der Waals surface area contributed by atoms with Crippen LogP contribution in [0.2, 0.25) is 0 Å². The van der Waals surface area contributed by atoms with Crippen LogP contribution in [0, 0.1) is 10.8 Å². The second kappa shape index (κ2) is 11.2. The van der Waals surface area contributed by atoms with Gasteiger partial charge in [0.15, 0.2) is 11.6 Å². The quantitative estimate of drug-likeness (QED) is 0.168. The lowest BCUT2D eigenvalue weighted by Gasteiger charge is -2.26. The van der Waals surface area contributed by atoms with Gasteiger partial charge in [-0.25, -0.2) is 9.78 Å². The van der Waals surface area contributed by atoms with Crippen LogP contribution in [0.15, 0.2) is 60.7 Å². The number of hydrogen-bond donors (Lipinski definition) is 0. The first-order valence-corrected chi connectivity index (χ1v) is 10.7. The topological polar surface area (TPSA) is 52.6 Å². The predicted octanol–water partition coefficient (Wildman–Crippen LogP) is 6.31. The summed E-state index contributed by atoms with van der Waals surface area (Å²) in [5.74, 6) is 0.230. The Labute approximate surface area is 180 Å². The molecule has 0 saturated carbocycles. The fraction of sp³-hybridized carbons (Fsp3) is 0.462. The van der Waals surface area contributed by atoms with Gasteiger partial charge in [0.05, 0.1) is 18.6 Å². The standard InChI is InChI=1S/C26H34O4/c1-5-26(4,24(28)22-16-10-7-11-17-22)20-30-29-19-13-12-18-25(2,3)23(27)21-14-8-6-9-15-21/h6-11,14-17H,5,12-13,18-20H2,1-4H3. The lowest BCUT2D eigenvalue weighted by atomic mass is 9.80. The Balaban J connectivity index is 1.71. The van der Waals surface area contributed by atoms with E-state index in [4.69, 9.17) is 9.78 Å². The molecule has 0 fully saturated rings. The number of Topliss-reactive ketones (excluding diaryl/α,β-unsaturated/α-hetero) is 2. The van der Waals surface area contributed by atoms with Gasteiger partial charge in [-0.15, -0.1) is 0 Å². The third-order valence-electron chi connectivity index (χ3n) is 5.76. The van der Waals surface area contributed by atoms with E-state index in [0.717, 1.165) is 24.8 Å². The molecule has 0 saturated heterocycles. The normalized spacial score (nSPS) is 13.6. The highest BCUT2D eigenvalue weighted by atomic mass is 17.2. The molecule has 1 atom stereocenters. The Hall–Kier alpha value is -2.30. The Morgan fingerprint density at radius 2 is 1.30 bits per heavy atom. The van der Waals surface area contributed by atoms with E-state index in [0.29, 0.717) is 18.6 Å². The molecule has 162 valence electrons.